The molecule has 1 aromatic heterocycles. The molecule has 32 heavy (non-hydrogen) atoms. The number of hydrogen-bond donors (Lipinski definition) is 0. The minimum Gasteiger partial charge on any atom is -0.417 e. The van der Waals surface area contributed by atoms with Gasteiger partial charge in [-0.05, 0) is 53.9 Å². The summed E-state index contributed by atoms with van der Waals surface area (Å²) in [5.74, 6) is -0.0568. The van der Waals surface area contributed by atoms with E-state index in [1.54, 1.807) is 12.3 Å². The summed E-state index contributed by atoms with van der Waals surface area (Å²) in [5, 5.41) is 0.150. The minimum absolute atomic E-state index is 0.0568. The second kappa shape index (κ2) is 8.95. The van der Waals surface area contributed by atoms with Crippen LogP contribution in [0.5, 0.6) is 0 Å². The molecule has 0 aliphatic carbocycles. The van der Waals surface area contributed by atoms with Crippen molar-refractivity contribution in [2.24, 2.45) is 5.41 Å². The molecule has 0 radical (unpaired) electrons. The predicted octanol–water partition coefficient (Wildman–Crippen LogP) is 7.08. The molecule has 5 heteroatoms. The van der Waals surface area contributed by atoms with Crippen LogP contribution >= 0.6 is 0 Å². The summed E-state index contributed by atoms with van der Waals surface area (Å²) in [4.78, 5) is 20.1. The summed E-state index contributed by atoms with van der Waals surface area (Å²) < 4.78 is 6.53. The number of carbonyl (C=O) groups is 1. The van der Waals surface area contributed by atoms with Crippen LogP contribution in [-0.4, -0.2) is 30.7 Å². The summed E-state index contributed by atoms with van der Waals surface area (Å²) in [5.41, 5.74) is 3.64. The largest absolute Gasteiger partial charge is 0.417 e. The number of hydrogen-bond acceptors (Lipinski definition) is 3. The van der Waals surface area contributed by atoms with E-state index in [-0.39, 0.29) is 22.4 Å². The van der Waals surface area contributed by atoms with Gasteiger partial charge in [0.15, 0.2) is 8.32 Å². The molecular formula is C27H38N2O2Si. The van der Waals surface area contributed by atoms with Crippen LogP contribution in [0.2, 0.25) is 18.1 Å². The average Bonchev–Trinajstić information content (AvgIpc) is 2.72. The second-order valence-corrected chi connectivity index (χ2v) is 16.0. The SMILES string of the molecule is CC(C)(C)C1=Cc2ccccc2C(CCO[Si](C)(C)C(C)(C)C)N1C(=O)c1ccccn1. The molecule has 0 saturated heterocycles. The summed E-state index contributed by atoms with van der Waals surface area (Å²) in [7, 11) is -1.88. The third-order valence-electron chi connectivity index (χ3n) is 6.75. The molecule has 4 nitrogen and oxygen atoms in total. The lowest BCUT2D eigenvalue weighted by molar-refractivity contribution is 0.0669. The van der Waals surface area contributed by atoms with Crippen LogP contribution in [0.1, 0.15) is 75.6 Å². The third-order valence-corrected chi connectivity index (χ3v) is 11.3. The zero-order valence-electron chi connectivity index (χ0n) is 20.9. The van der Waals surface area contributed by atoms with Gasteiger partial charge >= 0.3 is 0 Å². The first-order valence-electron chi connectivity index (χ1n) is 11.5. The van der Waals surface area contributed by atoms with Crippen LogP contribution < -0.4 is 0 Å². The van der Waals surface area contributed by atoms with Gasteiger partial charge in [0.25, 0.3) is 5.91 Å². The minimum atomic E-state index is -1.88. The van der Waals surface area contributed by atoms with Gasteiger partial charge < -0.3 is 9.33 Å². The molecule has 1 atom stereocenters. The Bertz CT molecular complexity index is 985. The lowest BCUT2D eigenvalue weighted by Gasteiger charge is -2.43. The fraction of sp³-hybridized carbons (Fsp3) is 0.481. The van der Waals surface area contributed by atoms with Gasteiger partial charge in [0, 0.05) is 23.9 Å². The van der Waals surface area contributed by atoms with Crippen LogP contribution in [0.15, 0.2) is 54.4 Å². The van der Waals surface area contributed by atoms with Gasteiger partial charge in [-0.25, -0.2) is 0 Å². The molecule has 0 spiro atoms. The number of pyridine rings is 1. The van der Waals surface area contributed by atoms with E-state index in [4.69, 9.17) is 4.43 Å². The second-order valence-electron chi connectivity index (χ2n) is 11.2. The normalized spacial score (nSPS) is 17.1. The smallest absolute Gasteiger partial charge is 0.277 e. The predicted molar refractivity (Wildman–Crippen MR) is 135 cm³/mol. The average molecular weight is 451 g/mol. The van der Waals surface area contributed by atoms with E-state index in [0.717, 1.165) is 12.1 Å². The van der Waals surface area contributed by atoms with E-state index in [9.17, 15) is 4.79 Å². The Hall–Kier alpha value is -2.24. The Morgan fingerprint density at radius 1 is 1.03 bits per heavy atom. The van der Waals surface area contributed by atoms with E-state index < -0.39 is 8.32 Å². The van der Waals surface area contributed by atoms with Gasteiger partial charge in [0.1, 0.15) is 5.69 Å². The highest BCUT2D eigenvalue weighted by Gasteiger charge is 2.40. The summed E-state index contributed by atoms with van der Waals surface area (Å²) in [6.45, 7) is 18.4. The van der Waals surface area contributed by atoms with Crippen LogP contribution in [0.25, 0.3) is 6.08 Å². The molecule has 172 valence electrons. The van der Waals surface area contributed by atoms with Crippen molar-refractivity contribution in [1.29, 1.82) is 0 Å². The first-order valence-corrected chi connectivity index (χ1v) is 14.4. The summed E-state index contributed by atoms with van der Waals surface area (Å²) in [6, 6.07) is 13.8. The lowest BCUT2D eigenvalue weighted by atomic mass is 9.82. The maximum Gasteiger partial charge on any atom is 0.277 e. The Morgan fingerprint density at radius 3 is 2.28 bits per heavy atom. The zero-order valence-corrected chi connectivity index (χ0v) is 21.9. The zero-order chi connectivity index (χ0) is 23.7. The molecule has 1 aliphatic heterocycles. The van der Waals surface area contributed by atoms with Crippen LogP contribution in [0.3, 0.4) is 0 Å². The number of amides is 1. The molecule has 2 aromatic rings. The molecule has 2 heterocycles. The number of allylic oxidation sites excluding steroid dienone is 1. The van der Waals surface area contributed by atoms with Gasteiger partial charge in [-0.3, -0.25) is 9.78 Å². The van der Waals surface area contributed by atoms with Gasteiger partial charge in [0.2, 0.25) is 0 Å². The number of aromatic nitrogens is 1. The Morgan fingerprint density at radius 2 is 1.69 bits per heavy atom. The van der Waals surface area contributed by atoms with E-state index in [2.05, 4.69) is 90.0 Å². The topological polar surface area (TPSA) is 42.4 Å². The fourth-order valence-corrected chi connectivity index (χ4v) is 4.90. The third kappa shape index (κ3) is 5.05. The Labute approximate surface area is 194 Å². The van der Waals surface area contributed by atoms with E-state index in [1.165, 1.54) is 11.1 Å². The molecule has 0 saturated carbocycles. The molecule has 0 bridgehead atoms. The molecule has 1 amide bonds. The van der Waals surface area contributed by atoms with Crippen LogP contribution in [-0.2, 0) is 4.43 Å². The van der Waals surface area contributed by atoms with Crippen molar-refractivity contribution in [2.75, 3.05) is 6.61 Å². The molecule has 0 fully saturated rings. The van der Waals surface area contributed by atoms with Crippen LogP contribution in [0, 0.1) is 5.41 Å². The molecular weight excluding hydrogens is 412 g/mol. The lowest BCUT2D eigenvalue weighted by Crippen LogP contribution is -2.43. The number of rotatable bonds is 5. The van der Waals surface area contributed by atoms with Crippen molar-refractivity contribution in [3.63, 3.8) is 0 Å². The molecule has 1 aromatic carbocycles. The van der Waals surface area contributed by atoms with E-state index in [1.807, 2.05) is 17.0 Å². The van der Waals surface area contributed by atoms with E-state index in [0.29, 0.717) is 12.3 Å². The molecule has 3 rings (SSSR count). The van der Waals surface area contributed by atoms with Crippen molar-refractivity contribution in [1.82, 2.24) is 9.88 Å². The quantitative estimate of drug-likeness (QED) is 0.457. The number of nitrogens with zero attached hydrogens (tertiary/aromatic N) is 2. The standard InChI is InChI=1S/C27H38N2O2Si/c1-26(2,3)24-19-20-13-9-10-14-21(20)23(16-18-31-32(7,8)27(4,5)6)29(24)25(30)22-15-11-12-17-28-22/h9-15,17,19,23H,16,18H2,1-8H3. The molecule has 1 unspecified atom stereocenters. The van der Waals surface area contributed by atoms with Crippen molar-refractivity contribution < 1.29 is 9.22 Å². The summed E-state index contributed by atoms with van der Waals surface area (Å²) in [6.07, 6.45) is 4.60. The van der Waals surface area contributed by atoms with Crippen molar-refractivity contribution in [2.45, 2.75) is 72.1 Å². The van der Waals surface area contributed by atoms with Crippen molar-refractivity contribution in [3.05, 3.63) is 71.2 Å². The Kier molecular flexibility index (Phi) is 6.82. The van der Waals surface area contributed by atoms with Gasteiger partial charge in [0.05, 0.1) is 6.04 Å². The molecule has 1 aliphatic rings. The van der Waals surface area contributed by atoms with Gasteiger partial charge in [-0.2, -0.15) is 0 Å². The van der Waals surface area contributed by atoms with Crippen molar-refractivity contribution in [3.8, 4) is 0 Å². The maximum absolute atomic E-state index is 13.8. The highest BCUT2D eigenvalue weighted by Crippen LogP contribution is 2.44. The van der Waals surface area contributed by atoms with Crippen molar-refractivity contribution >= 4 is 20.3 Å². The van der Waals surface area contributed by atoms with E-state index >= 15 is 0 Å². The Balaban J connectivity index is 2.02. The van der Waals surface area contributed by atoms with Gasteiger partial charge in [-0.1, -0.05) is 71.9 Å². The highest BCUT2D eigenvalue weighted by atomic mass is 28.4. The number of benzene rings is 1. The first-order chi connectivity index (χ1) is 14.8. The van der Waals surface area contributed by atoms with Crippen LogP contribution in [0.4, 0.5) is 0 Å². The first kappa shape index (κ1) is 24.4. The number of fused-ring (bicyclic) bond motifs is 1. The summed E-state index contributed by atoms with van der Waals surface area (Å²) >= 11 is 0. The number of carbonyl (C=O) groups excluding carboxylic acids is 1. The fourth-order valence-electron chi connectivity index (χ4n) is 3.84. The maximum atomic E-state index is 13.8. The van der Waals surface area contributed by atoms with Gasteiger partial charge in [-0.15, -0.1) is 0 Å². The highest BCUT2D eigenvalue weighted by molar-refractivity contribution is 6.74. The molecule has 0 N–H and O–H groups in total. The monoisotopic (exact) mass is 450 g/mol.